The Hall–Kier alpha value is -1.42. The van der Waals surface area contributed by atoms with E-state index in [1.54, 1.807) is 12.1 Å². The monoisotopic (exact) mass is 344 g/mol. The molecule has 4 saturated carbocycles. The number of hydrogen-bond donors (Lipinski definition) is 2. The molecular formula is C21H29FN2O. The van der Waals surface area contributed by atoms with E-state index in [9.17, 15) is 9.18 Å². The standard InChI is InChI=1S/C21H29FN2O/c1-13(21(25)23-7-6-14-2-4-19(22)5-3-14)24-20-17-9-15-8-16(11-17)12-18(20)10-15/h2-5,13,15-18,20,24H,6-12H2,1H3,(H,23,25)/t13-,15?,16?,17?,18?,20?/m0/s1. The summed E-state index contributed by atoms with van der Waals surface area (Å²) >= 11 is 0. The third-order valence-electron chi connectivity index (χ3n) is 6.69. The molecule has 2 N–H and O–H groups in total. The second kappa shape index (κ2) is 7.06. The number of nitrogens with one attached hydrogen (secondary N) is 2. The third kappa shape index (κ3) is 3.74. The zero-order valence-electron chi connectivity index (χ0n) is 15.0. The molecule has 0 aliphatic heterocycles. The number of rotatable bonds is 6. The van der Waals surface area contributed by atoms with Crippen LogP contribution >= 0.6 is 0 Å². The molecule has 25 heavy (non-hydrogen) atoms. The molecule has 0 heterocycles. The van der Waals surface area contributed by atoms with E-state index in [-0.39, 0.29) is 17.8 Å². The van der Waals surface area contributed by atoms with Crippen molar-refractivity contribution in [3.05, 3.63) is 35.6 Å². The Bertz CT molecular complexity index is 587. The fourth-order valence-electron chi connectivity index (χ4n) is 5.70. The fourth-order valence-corrected chi connectivity index (χ4v) is 5.70. The van der Waals surface area contributed by atoms with Crippen LogP contribution in [0.4, 0.5) is 4.39 Å². The molecule has 1 aromatic carbocycles. The van der Waals surface area contributed by atoms with E-state index < -0.39 is 0 Å². The molecular weight excluding hydrogens is 315 g/mol. The zero-order chi connectivity index (χ0) is 17.4. The first-order valence-corrected chi connectivity index (χ1v) is 9.86. The highest BCUT2D eigenvalue weighted by Crippen LogP contribution is 2.53. The van der Waals surface area contributed by atoms with E-state index in [0.717, 1.165) is 35.7 Å². The van der Waals surface area contributed by atoms with Crippen molar-refractivity contribution in [2.45, 2.75) is 57.5 Å². The van der Waals surface area contributed by atoms with Crippen molar-refractivity contribution in [2.24, 2.45) is 23.7 Å². The van der Waals surface area contributed by atoms with Crippen LogP contribution in [0.3, 0.4) is 0 Å². The molecule has 1 atom stereocenters. The van der Waals surface area contributed by atoms with Crippen LogP contribution in [0.1, 0.15) is 44.6 Å². The van der Waals surface area contributed by atoms with Gasteiger partial charge in [-0.25, -0.2) is 4.39 Å². The maximum atomic E-state index is 12.9. The van der Waals surface area contributed by atoms with Gasteiger partial charge in [-0.15, -0.1) is 0 Å². The van der Waals surface area contributed by atoms with Crippen molar-refractivity contribution in [1.82, 2.24) is 10.6 Å². The molecule has 1 aromatic rings. The van der Waals surface area contributed by atoms with Gasteiger partial charge in [0.25, 0.3) is 0 Å². The molecule has 4 aliphatic carbocycles. The average molecular weight is 344 g/mol. The minimum Gasteiger partial charge on any atom is -0.354 e. The van der Waals surface area contributed by atoms with E-state index in [1.165, 1.54) is 44.2 Å². The number of carbonyl (C=O) groups excluding carboxylic acids is 1. The predicted octanol–water partition coefficient (Wildman–Crippen LogP) is 3.29. The Kier molecular flexibility index (Phi) is 4.81. The summed E-state index contributed by atoms with van der Waals surface area (Å²) in [5.74, 6) is 3.34. The minimum atomic E-state index is -0.221. The van der Waals surface area contributed by atoms with Crippen molar-refractivity contribution >= 4 is 5.91 Å². The SMILES string of the molecule is C[C@H](NC1C2CC3CC(C2)CC1C3)C(=O)NCCc1ccc(F)cc1. The van der Waals surface area contributed by atoms with Crippen LogP contribution in [0.2, 0.25) is 0 Å². The maximum Gasteiger partial charge on any atom is 0.236 e. The van der Waals surface area contributed by atoms with Gasteiger partial charge < -0.3 is 10.6 Å². The van der Waals surface area contributed by atoms with Crippen molar-refractivity contribution in [1.29, 1.82) is 0 Å². The van der Waals surface area contributed by atoms with E-state index >= 15 is 0 Å². The molecule has 4 bridgehead atoms. The molecule has 0 unspecified atom stereocenters. The summed E-state index contributed by atoms with van der Waals surface area (Å²) in [4.78, 5) is 12.4. The lowest BCUT2D eigenvalue weighted by Gasteiger charge is -2.55. The summed E-state index contributed by atoms with van der Waals surface area (Å²) in [5, 5.41) is 6.68. The van der Waals surface area contributed by atoms with Crippen molar-refractivity contribution in [3.63, 3.8) is 0 Å². The molecule has 136 valence electrons. The molecule has 4 fully saturated rings. The molecule has 0 spiro atoms. The third-order valence-corrected chi connectivity index (χ3v) is 6.69. The average Bonchev–Trinajstić information content (AvgIpc) is 2.59. The van der Waals surface area contributed by atoms with Gasteiger partial charge in [0.05, 0.1) is 6.04 Å². The van der Waals surface area contributed by atoms with Gasteiger partial charge in [0, 0.05) is 12.6 Å². The van der Waals surface area contributed by atoms with Gasteiger partial charge in [-0.3, -0.25) is 4.79 Å². The van der Waals surface area contributed by atoms with Crippen LogP contribution in [0, 0.1) is 29.5 Å². The molecule has 1 amide bonds. The molecule has 3 nitrogen and oxygen atoms in total. The summed E-state index contributed by atoms with van der Waals surface area (Å²) < 4.78 is 12.9. The Morgan fingerprint density at radius 1 is 1.08 bits per heavy atom. The van der Waals surface area contributed by atoms with Gasteiger partial charge in [0.2, 0.25) is 5.91 Å². The van der Waals surface area contributed by atoms with Gasteiger partial charge in [-0.05, 0) is 86.8 Å². The highest BCUT2D eigenvalue weighted by molar-refractivity contribution is 5.81. The number of hydrogen-bond acceptors (Lipinski definition) is 2. The van der Waals surface area contributed by atoms with Crippen LogP contribution < -0.4 is 10.6 Å². The smallest absolute Gasteiger partial charge is 0.236 e. The predicted molar refractivity (Wildman–Crippen MR) is 96.5 cm³/mol. The van der Waals surface area contributed by atoms with E-state index in [2.05, 4.69) is 10.6 Å². The van der Waals surface area contributed by atoms with Crippen molar-refractivity contribution in [3.8, 4) is 0 Å². The molecule has 0 aromatic heterocycles. The summed E-state index contributed by atoms with van der Waals surface area (Å²) in [6.07, 6.45) is 7.65. The number of benzene rings is 1. The second-order valence-electron chi connectivity index (χ2n) is 8.51. The molecule has 4 heteroatoms. The van der Waals surface area contributed by atoms with Gasteiger partial charge >= 0.3 is 0 Å². The molecule has 5 rings (SSSR count). The first-order chi connectivity index (χ1) is 12.1. The highest BCUT2D eigenvalue weighted by atomic mass is 19.1. The van der Waals surface area contributed by atoms with Crippen LogP contribution in [0.5, 0.6) is 0 Å². The minimum absolute atomic E-state index is 0.0796. The van der Waals surface area contributed by atoms with Crippen molar-refractivity contribution in [2.75, 3.05) is 6.54 Å². The Balaban J connectivity index is 1.24. The normalized spacial score (nSPS) is 34.1. The Labute approximate surface area is 149 Å². The summed E-state index contributed by atoms with van der Waals surface area (Å²) in [5.41, 5.74) is 1.04. The molecule has 0 radical (unpaired) electrons. The zero-order valence-corrected chi connectivity index (χ0v) is 15.0. The number of halogens is 1. The highest BCUT2D eigenvalue weighted by Gasteiger charge is 2.48. The summed E-state index contributed by atoms with van der Waals surface area (Å²) in [6, 6.07) is 6.87. The second-order valence-corrected chi connectivity index (χ2v) is 8.51. The van der Waals surface area contributed by atoms with E-state index in [0.29, 0.717) is 12.6 Å². The van der Waals surface area contributed by atoms with Gasteiger partial charge in [0.1, 0.15) is 5.82 Å². The van der Waals surface area contributed by atoms with Crippen molar-refractivity contribution < 1.29 is 9.18 Å². The van der Waals surface area contributed by atoms with Crippen LogP contribution in [-0.4, -0.2) is 24.5 Å². The summed E-state index contributed by atoms with van der Waals surface area (Å²) in [7, 11) is 0. The first-order valence-electron chi connectivity index (χ1n) is 9.86. The van der Waals surface area contributed by atoms with Gasteiger partial charge in [-0.2, -0.15) is 0 Å². The van der Waals surface area contributed by atoms with Gasteiger partial charge in [-0.1, -0.05) is 12.1 Å². The summed E-state index contributed by atoms with van der Waals surface area (Å²) in [6.45, 7) is 2.58. The largest absolute Gasteiger partial charge is 0.354 e. The van der Waals surface area contributed by atoms with Crippen LogP contribution in [-0.2, 0) is 11.2 Å². The Morgan fingerprint density at radius 2 is 1.68 bits per heavy atom. The number of amides is 1. The lowest BCUT2D eigenvalue weighted by molar-refractivity contribution is -0.123. The molecule has 4 aliphatic rings. The first kappa shape index (κ1) is 17.0. The van der Waals surface area contributed by atoms with Crippen LogP contribution in [0.25, 0.3) is 0 Å². The number of carbonyl (C=O) groups is 1. The van der Waals surface area contributed by atoms with Gasteiger partial charge in [0.15, 0.2) is 0 Å². The lowest BCUT2D eigenvalue weighted by Crippen LogP contribution is -2.58. The lowest BCUT2D eigenvalue weighted by atomic mass is 9.54. The quantitative estimate of drug-likeness (QED) is 0.831. The maximum absolute atomic E-state index is 12.9. The fraction of sp³-hybridized carbons (Fsp3) is 0.667. The topological polar surface area (TPSA) is 41.1 Å². The Morgan fingerprint density at radius 3 is 2.28 bits per heavy atom. The van der Waals surface area contributed by atoms with E-state index in [4.69, 9.17) is 0 Å². The molecule has 0 saturated heterocycles. The van der Waals surface area contributed by atoms with Crippen LogP contribution in [0.15, 0.2) is 24.3 Å². The van der Waals surface area contributed by atoms with E-state index in [1.807, 2.05) is 6.92 Å².